The Morgan fingerprint density at radius 3 is 1.25 bits per heavy atom. The molecule has 14 nitrogen and oxygen atoms in total. The molecule has 0 saturated carbocycles. The first-order chi connectivity index (χ1) is 35.6. The van der Waals surface area contributed by atoms with Crippen LogP contribution in [0.2, 0.25) is 0 Å². The topological polar surface area (TPSA) is 214 Å². The molecule has 0 aromatic carbocycles. The lowest BCUT2D eigenvalue weighted by molar-refractivity contribution is -0.332. The molecule has 0 radical (unpaired) electrons. The normalized spacial score (nSPS) is 25.1. The summed E-state index contributed by atoms with van der Waals surface area (Å²) < 4.78 is 34.4. The summed E-state index contributed by atoms with van der Waals surface area (Å²) in [6.07, 6.45) is 36.7. The summed E-state index contributed by atoms with van der Waals surface area (Å²) in [5, 5.41) is 72.3. The van der Waals surface area contributed by atoms with E-state index in [1.165, 1.54) is 173 Å². The lowest BCUT2D eigenvalue weighted by Gasteiger charge is -2.42. The maximum absolute atomic E-state index is 13.1. The van der Waals surface area contributed by atoms with E-state index in [1.54, 1.807) is 0 Å². The number of carbonyl (C=O) groups is 1. The van der Waals surface area contributed by atoms with Crippen molar-refractivity contribution in [3.63, 3.8) is 0 Å². The van der Waals surface area contributed by atoms with E-state index < -0.39 is 80.7 Å². The molecular formula is C59H110O14. The number of esters is 1. The van der Waals surface area contributed by atoms with Crippen molar-refractivity contribution in [2.24, 2.45) is 0 Å². The van der Waals surface area contributed by atoms with E-state index in [4.69, 9.17) is 28.4 Å². The first-order valence-corrected chi connectivity index (χ1v) is 29.9. The van der Waals surface area contributed by atoms with Gasteiger partial charge in [-0.05, 0) is 64.2 Å². The fourth-order valence-electron chi connectivity index (χ4n) is 9.57. The third kappa shape index (κ3) is 33.4. The van der Waals surface area contributed by atoms with Crippen LogP contribution in [0.3, 0.4) is 0 Å². The van der Waals surface area contributed by atoms with Crippen LogP contribution in [-0.2, 0) is 33.2 Å². The highest BCUT2D eigenvalue weighted by atomic mass is 16.7. The average molecular weight is 1040 g/mol. The van der Waals surface area contributed by atoms with Crippen molar-refractivity contribution in [3.05, 3.63) is 24.3 Å². The number of aliphatic hydroxyl groups is 7. The van der Waals surface area contributed by atoms with Gasteiger partial charge < -0.3 is 64.2 Å². The van der Waals surface area contributed by atoms with Crippen molar-refractivity contribution >= 4 is 5.97 Å². The van der Waals surface area contributed by atoms with Crippen LogP contribution in [0.15, 0.2) is 24.3 Å². The molecule has 2 rings (SSSR count). The van der Waals surface area contributed by atoms with Gasteiger partial charge in [0.25, 0.3) is 0 Å². The lowest BCUT2D eigenvalue weighted by atomic mass is 9.98. The zero-order valence-corrected chi connectivity index (χ0v) is 46.1. The van der Waals surface area contributed by atoms with Crippen molar-refractivity contribution in [1.29, 1.82) is 0 Å². The second-order valence-electron chi connectivity index (χ2n) is 21.2. The van der Waals surface area contributed by atoms with Gasteiger partial charge in [-0.2, -0.15) is 0 Å². The summed E-state index contributed by atoms with van der Waals surface area (Å²) in [6, 6.07) is 0. The van der Waals surface area contributed by atoms with Crippen LogP contribution in [-0.4, -0.2) is 142 Å². The van der Waals surface area contributed by atoms with Crippen LogP contribution < -0.4 is 0 Å². The van der Waals surface area contributed by atoms with Crippen molar-refractivity contribution in [3.8, 4) is 0 Å². The fraction of sp³-hybridized carbons (Fsp3) is 0.915. The summed E-state index contributed by atoms with van der Waals surface area (Å²) in [4.78, 5) is 13.1. The Morgan fingerprint density at radius 1 is 0.438 bits per heavy atom. The number of allylic oxidation sites excluding steroid dienone is 4. The van der Waals surface area contributed by atoms with Crippen LogP contribution in [0.5, 0.6) is 0 Å². The molecule has 2 fully saturated rings. The largest absolute Gasteiger partial charge is 0.457 e. The van der Waals surface area contributed by atoms with Gasteiger partial charge >= 0.3 is 5.97 Å². The lowest BCUT2D eigenvalue weighted by Crippen LogP contribution is -2.61. The standard InChI is InChI=1S/C59H110O14/c1-3-5-7-9-11-13-15-17-19-21-22-23-24-25-26-27-28-30-32-34-36-38-40-42-51(61)71-48(45-68-43-41-39-37-35-33-31-29-20-18-16-14-12-10-8-6-4-2)46-69-58-57(67)55(65)53(63)50(73-58)47-70-59-56(66)54(64)52(62)49(44-60)72-59/h18,20-22,48-50,52-60,62-67H,3-17,19,23-47H2,1-2H3/b20-18-,22-21-. The van der Waals surface area contributed by atoms with E-state index in [9.17, 15) is 40.5 Å². The number of hydrogen-bond acceptors (Lipinski definition) is 14. The number of aliphatic hydroxyl groups excluding tert-OH is 7. The molecule has 2 heterocycles. The average Bonchev–Trinajstić information content (AvgIpc) is 3.39. The summed E-state index contributed by atoms with van der Waals surface area (Å²) in [6.45, 7) is 3.71. The third-order valence-electron chi connectivity index (χ3n) is 14.4. The molecule has 73 heavy (non-hydrogen) atoms. The zero-order valence-electron chi connectivity index (χ0n) is 46.1. The predicted molar refractivity (Wildman–Crippen MR) is 289 cm³/mol. The van der Waals surface area contributed by atoms with E-state index in [1.807, 2.05) is 0 Å². The smallest absolute Gasteiger partial charge is 0.306 e. The summed E-state index contributed by atoms with van der Waals surface area (Å²) in [5.41, 5.74) is 0. The third-order valence-corrected chi connectivity index (χ3v) is 14.4. The van der Waals surface area contributed by atoms with Gasteiger partial charge in [0.05, 0.1) is 26.4 Å². The van der Waals surface area contributed by atoms with E-state index >= 15 is 0 Å². The number of rotatable bonds is 49. The van der Waals surface area contributed by atoms with E-state index in [-0.39, 0.29) is 25.6 Å². The van der Waals surface area contributed by atoms with Gasteiger partial charge in [0, 0.05) is 13.0 Å². The van der Waals surface area contributed by atoms with Crippen LogP contribution in [0, 0.1) is 0 Å². The zero-order chi connectivity index (χ0) is 53.0. The van der Waals surface area contributed by atoms with Gasteiger partial charge in [0.1, 0.15) is 54.9 Å². The van der Waals surface area contributed by atoms with Crippen LogP contribution in [0.4, 0.5) is 0 Å². The SMILES string of the molecule is CCCCCCCC/C=C\CCCCCCCCOCC(COC1OC(COC2OC(CO)C(O)C(O)C2O)C(O)C(O)C1O)OC(=O)CCCCCCCCCCCCC/C=C\CCCCCCCCCC. The molecule has 0 bridgehead atoms. The number of hydrogen-bond donors (Lipinski definition) is 7. The molecule has 0 spiro atoms. The van der Waals surface area contributed by atoms with Gasteiger partial charge in [-0.3, -0.25) is 4.79 Å². The second kappa shape index (κ2) is 46.6. The van der Waals surface area contributed by atoms with Gasteiger partial charge in [0.2, 0.25) is 0 Å². The van der Waals surface area contributed by atoms with Crippen LogP contribution in [0.25, 0.3) is 0 Å². The van der Waals surface area contributed by atoms with Gasteiger partial charge in [0.15, 0.2) is 12.6 Å². The molecule has 14 heteroatoms. The Morgan fingerprint density at radius 2 is 0.808 bits per heavy atom. The minimum Gasteiger partial charge on any atom is -0.457 e. The van der Waals surface area contributed by atoms with Crippen LogP contribution >= 0.6 is 0 Å². The monoisotopic (exact) mass is 1040 g/mol. The molecule has 0 aromatic rings. The highest BCUT2D eigenvalue weighted by molar-refractivity contribution is 5.69. The molecule has 0 aromatic heterocycles. The number of carbonyl (C=O) groups excluding carboxylic acids is 1. The van der Waals surface area contributed by atoms with Crippen molar-refractivity contribution < 1.29 is 69.0 Å². The van der Waals surface area contributed by atoms with Crippen molar-refractivity contribution in [2.45, 2.75) is 313 Å². The molecule has 0 aliphatic carbocycles. The van der Waals surface area contributed by atoms with E-state index in [2.05, 4.69) is 38.2 Å². The number of unbranched alkanes of at least 4 members (excludes halogenated alkanes) is 31. The minimum absolute atomic E-state index is 0.0604. The van der Waals surface area contributed by atoms with Gasteiger partial charge in [-0.25, -0.2) is 0 Å². The summed E-state index contributed by atoms with van der Waals surface area (Å²) >= 11 is 0. The Bertz CT molecular complexity index is 1300. The van der Waals surface area contributed by atoms with E-state index in [0.29, 0.717) is 13.0 Å². The molecule has 2 aliphatic rings. The highest BCUT2D eigenvalue weighted by Crippen LogP contribution is 2.27. The Balaban J connectivity index is 1.69. The first-order valence-electron chi connectivity index (χ1n) is 29.9. The second-order valence-corrected chi connectivity index (χ2v) is 21.2. The maximum Gasteiger partial charge on any atom is 0.306 e. The Kier molecular flexibility index (Phi) is 43.1. The molecule has 0 amide bonds. The predicted octanol–water partition coefficient (Wildman–Crippen LogP) is 10.8. The molecule has 2 aliphatic heterocycles. The van der Waals surface area contributed by atoms with E-state index in [0.717, 1.165) is 44.9 Å². The molecular weight excluding hydrogens is 933 g/mol. The number of ether oxygens (including phenoxy) is 6. The molecule has 7 N–H and O–H groups in total. The minimum atomic E-state index is -1.71. The Hall–Kier alpha value is -1.53. The molecule has 11 atom stereocenters. The van der Waals surface area contributed by atoms with Gasteiger partial charge in [-0.1, -0.05) is 199 Å². The van der Waals surface area contributed by atoms with Crippen LogP contribution in [0.1, 0.15) is 245 Å². The Labute approximate surface area is 443 Å². The first kappa shape index (κ1) is 67.6. The maximum atomic E-state index is 13.1. The quantitative estimate of drug-likeness (QED) is 0.0172. The molecule has 430 valence electrons. The summed E-state index contributed by atoms with van der Waals surface area (Å²) in [7, 11) is 0. The van der Waals surface area contributed by atoms with Gasteiger partial charge in [-0.15, -0.1) is 0 Å². The van der Waals surface area contributed by atoms with Crippen molar-refractivity contribution in [1.82, 2.24) is 0 Å². The summed E-state index contributed by atoms with van der Waals surface area (Å²) in [5.74, 6) is -0.375. The van der Waals surface area contributed by atoms with Crippen molar-refractivity contribution in [2.75, 3.05) is 33.0 Å². The molecule has 2 saturated heterocycles. The fourth-order valence-corrected chi connectivity index (χ4v) is 9.57. The molecule has 11 unspecified atom stereocenters. The highest BCUT2D eigenvalue weighted by Gasteiger charge is 2.47.